The van der Waals surface area contributed by atoms with E-state index in [2.05, 4.69) is 12.1 Å². The Kier molecular flexibility index (Phi) is 4.00. The molecule has 0 spiro atoms. The summed E-state index contributed by atoms with van der Waals surface area (Å²) >= 11 is 0. The molecule has 0 heterocycles. The van der Waals surface area contributed by atoms with Gasteiger partial charge in [0.1, 0.15) is 5.91 Å². The Bertz CT molecular complexity index is 209. The quantitative estimate of drug-likeness (QED) is 0.499. The molecule has 0 atom stereocenters. The van der Waals surface area contributed by atoms with Gasteiger partial charge in [-0.3, -0.25) is 0 Å². The largest absolute Gasteiger partial charge is 0.360 e. The lowest BCUT2D eigenvalue weighted by Gasteiger charge is -2.11. The van der Waals surface area contributed by atoms with E-state index in [0.29, 0.717) is 9.52 Å². The van der Waals surface area contributed by atoms with Gasteiger partial charge in [0.25, 0.3) is 0 Å². The van der Waals surface area contributed by atoms with Crippen molar-refractivity contribution >= 4 is 14.7 Å². The predicted octanol–water partition coefficient (Wildman–Crippen LogP) is 0.592. The van der Waals surface area contributed by atoms with Crippen LogP contribution in [-0.4, -0.2) is 29.7 Å². The summed E-state index contributed by atoms with van der Waals surface area (Å²) in [5, 5.41) is 1.26. The second-order valence-corrected chi connectivity index (χ2v) is 3.65. The van der Waals surface area contributed by atoms with Crippen molar-refractivity contribution in [3.05, 3.63) is 30.3 Å². The molecule has 0 fully saturated rings. The number of ether oxygens (including phenoxy) is 2. The van der Waals surface area contributed by atoms with Crippen LogP contribution in [0, 0.1) is 0 Å². The third-order valence-electron chi connectivity index (χ3n) is 1.49. The predicted molar refractivity (Wildman–Crippen MR) is 49.6 cm³/mol. The fourth-order valence-corrected chi connectivity index (χ4v) is 1.78. The van der Waals surface area contributed by atoms with Gasteiger partial charge < -0.3 is 9.47 Å². The van der Waals surface area contributed by atoms with Gasteiger partial charge in [-0.05, 0) is 0 Å². The Hall–Kier alpha value is -0.643. The van der Waals surface area contributed by atoms with Crippen LogP contribution in [0.5, 0.6) is 0 Å². The van der Waals surface area contributed by atoms with Crippen molar-refractivity contribution in [3.8, 4) is 0 Å². The minimum absolute atomic E-state index is 0.104. The number of hydrogen-bond acceptors (Lipinski definition) is 2. The molecule has 0 aliphatic heterocycles. The first kappa shape index (κ1) is 9.44. The molecular weight excluding hydrogens is 168 g/mol. The van der Waals surface area contributed by atoms with E-state index in [-0.39, 0.29) is 5.91 Å². The third-order valence-corrected chi connectivity index (χ3v) is 2.86. The minimum atomic E-state index is -0.104. The lowest BCUT2D eigenvalue weighted by Crippen LogP contribution is -2.30. The number of rotatable bonds is 4. The van der Waals surface area contributed by atoms with Crippen molar-refractivity contribution in [3.63, 3.8) is 0 Å². The van der Waals surface area contributed by atoms with Crippen LogP contribution in [0.15, 0.2) is 30.3 Å². The van der Waals surface area contributed by atoms with Gasteiger partial charge in [-0.1, -0.05) is 35.5 Å². The Morgan fingerprint density at radius 3 is 2.17 bits per heavy atom. The molecule has 0 N–H and O–H groups in total. The van der Waals surface area contributed by atoms with E-state index in [9.17, 15) is 0 Å². The Labute approximate surface area is 75.3 Å². The second kappa shape index (κ2) is 5.08. The number of hydrogen-bond donors (Lipinski definition) is 0. The van der Waals surface area contributed by atoms with Crippen molar-refractivity contribution in [2.75, 3.05) is 14.2 Å². The highest BCUT2D eigenvalue weighted by molar-refractivity contribution is 6.54. The van der Waals surface area contributed by atoms with Gasteiger partial charge >= 0.3 is 0 Å². The van der Waals surface area contributed by atoms with Crippen LogP contribution in [0.1, 0.15) is 0 Å². The Balaban J connectivity index is 2.51. The lowest BCUT2D eigenvalue weighted by molar-refractivity contribution is -0.0429. The van der Waals surface area contributed by atoms with Crippen molar-refractivity contribution in [2.45, 2.75) is 5.91 Å². The summed E-state index contributed by atoms with van der Waals surface area (Å²) in [5.74, 6) is -0.104. The van der Waals surface area contributed by atoms with E-state index in [0.717, 1.165) is 0 Å². The van der Waals surface area contributed by atoms with E-state index in [1.807, 2.05) is 18.2 Å². The molecular formula is C9H12O2Si. The summed E-state index contributed by atoms with van der Waals surface area (Å²) in [7, 11) is 3.86. The normalized spacial score (nSPS) is 10.6. The van der Waals surface area contributed by atoms with E-state index < -0.39 is 0 Å². The summed E-state index contributed by atoms with van der Waals surface area (Å²) < 4.78 is 10.2. The molecule has 0 bridgehead atoms. The number of methoxy groups -OCH3 is 2. The van der Waals surface area contributed by atoms with Gasteiger partial charge in [-0.25, -0.2) is 0 Å². The van der Waals surface area contributed by atoms with Crippen LogP contribution >= 0.6 is 0 Å². The van der Waals surface area contributed by atoms with Gasteiger partial charge in [0.05, 0.1) is 0 Å². The first-order valence-corrected chi connectivity index (χ1v) is 4.81. The number of benzene rings is 1. The molecule has 64 valence electrons. The fourth-order valence-electron chi connectivity index (χ4n) is 0.885. The van der Waals surface area contributed by atoms with Crippen LogP contribution in [0.2, 0.25) is 0 Å². The van der Waals surface area contributed by atoms with Gasteiger partial charge in [-0.15, -0.1) is 0 Å². The molecule has 1 aromatic carbocycles. The summed E-state index contributed by atoms with van der Waals surface area (Å²) in [6, 6.07) is 10.2. The highest BCUT2D eigenvalue weighted by Crippen LogP contribution is 1.89. The first-order chi connectivity index (χ1) is 5.86. The first-order valence-electron chi connectivity index (χ1n) is 3.74. The zero-order chi connectivity index (χ0) is 8.81. The molecule has 0 unspecified atom stereocenters. The highest BCUT2D eigenvalue weighted by Gasteiger charge is 2.06. The maximum atomic E-state index is 5.09. The Morgan fingerprint density at radius 1 is 1.08 bits per heavy atom. The molecule has 0 aromatic heterocycles. The maximum Gasteiger partial charge on any atom is 0.157 e. The minimum Gasteiger partial charge on any atom is -0.360 e. The van der Waals surface area contributed by atoms with Crippen LogP contribution in [0.25, 0.3) is 0 Å². The lowest BCUT2D eigenvalue weighted by atomic mass is 10.4. The average Bonchev–Trinajstić information content (AvgIpc) is 2.16. The molecule has 2 nitrogen and oxygen atoms in total. The monoisotopic (exact) mass is 180 g/mol. The zero-order valence-electron chi connectivity index (χ0n) is 7.28. The summed E-state index contributed by atoms with van der Waals surface area (Å²) in [6.07, 6.45) is 0. The average molecular weight is 180 g/mol. The highest BCUT2D eigenvalue weighted by atomic mass is 28.2. The summed E-state index contributed by atoms with van der Waals surface area (Å²) in [4.78, 5) is 0. The molecule has 0 aliphatic rings. The van der Waals surface area contributed by atoms with Crippen molar-refractivity contribution < 1.29 is 9.47 Å². The maximum absolute atomic E-state index is 5.09. The Morgan fingerprint density at radius 2 is 1.67 bits per heavy atom. The van der Waals surface area contributed by atoms with E-state index in [1.165, 1.54) is 5.19 Å². The fraction of sp³-hybridized carbons (Fsp3) is 0.333. The smallest absolute Gasteiger partial charge is 0.157 e. The summed E-state index contributed by atoms with van der Waals surface area (Å²) in [5.41, 5.74) is 0. The topological polar surface area (TPSA) is 18.5 Å². The van der Waals surface area contributed by atoms with Crippen molar-refractivity contribution in [1.29, 1.82) is 0 Å². The standard InChI is InChI=1S/C9H12O2Si/c1-10-9(11-2)12-8-6-4-3-5-7-8/h3-7,9H,1-2H3. The van der Waals surface area contributed by atoms with Gasteiger partial charge in [-0.2, -0.15) is 0 Å². The van der Waals surface area contributed by atoms with Gasteiger partial charge in [0.15, 0.2) is 9.52 Å². The van der Waals surface area contributed by atoms with Crippen molar-refractivity contribution in [1.82, 2.24) is 0 Å². The summed E-state index contributed by atoms with van der Waals surface area (Å²) in [6.45, 7) is 0. The molecule has 0 amide bonds. The molecule has 1 rings (SSSR count). The molecule has 2 radical (unpaired) electrons. The molecule has 12 heavy (non-hydrogen) atoms. The van der Waals surface area contributed by atoms with E-state index in [1.54, 1.807) is 14.2 Å². The molecule has 0 saturated carbocycles. The van der Waals surface area contributed by atoms with Crippen LogP contribution in [0.4, 0.5) is 0 Å². The van der Waals surface area contributed by atoms with Gasteiger partial charge in [0, 0.05) is 14.2 Å². The molecule has 0 aliphatic carbocycles. The van der Waals surface area contributed by atoms with Crippen LogP contribution < -0.4 is 5.19 Å². The second-order valence-electron chi connectivity index (χ2n) is 2.31. The SMILES string of the molecule is COC(OC)[Si]c1ccccc1. The van der Waals surface area contributed by atoms with Crippen molar-refractivity contribution in [2.24, 2.45) is 0 Å². The molecule has 3 heteroatoms. The molecule has 1 aromatic rings. The third kappa shape index (κ3) is 2.77. The molecule has 0 saturated heterocycles. The van der Waals surface area contributed by atoms with E-state index >= 15 is 0 Å². The van der Waals surface area contributed by atoms with Crippen LogP contribution in [0.3, 0.4) is 0 Å². The van der Waals surface area contributed by atoms with Crippen LogP contribution in [-0.2, 0) is 9.47 Å². The van der Waals surface area contributed by atoms with E-state index in [4.69, 9.17) is 9.47 Å². The zero-order valence-corrected chi connectivity index (χ0v) is 8.28. The van der Waals surface area contributed by atoms with Gasteiger partial charge in [0.2, 0.25) is 0 Å².